The molecule has 0 saturated carbocycles. The van der Waals surface area contributed by atoms with Crippen LogP contribution in [0.3, 0.4) is 0 Å². The van der Waals surface area contributed by atoms with E-state index in [4.69, 9.17) is 10.5 Å². The fraction of sp³-hybridized carbons (Fsp3) is 0.333. The first-order valence-electron chi connectivity index (χ1n) is 5.09. The number of rotatable bonds is 3. The van der Waals surface area contributed by atoms with Crippen molar-refractivity contribution >= 4 is 5.69 Å². The molecular weight excluding hydrogens is 218 g/mol. The predicted molar refractivity (Wildman–Crippen MR) is 61.2 cm³/mol. The number of nitrogens with zero attached hydrogens (tertiary/aromatic N) is 3. The van der Waals surface area contributed by atoms with Crippen LogP contribution in [0.1, 0.15) is 36.5 Å². The first-order valence-corrected chi connectivity index (χ1v) is 5.09. The molecule has 0 spiro atoms. The molecule has 0 unspecified atom stereocenters. The van der Waals surface area contributed by atoms with E-state index >= 15 is 0 Å². The van der Waals surface area contributed by atoms with Gasteiger partial charge in [0.15, 0.2) is 0 Å². The zero-order valence-electron chi connectivity index (χ0n) is 9.60. The minimum Gasteiger partial charge on any atom is -0.258 e. The first kappa shape index (κ1) is 12.7. The summed E-state index contributed by atoms with van der Waals surface area (Å²) in [7, 11) is 0. The summed E-state index contributed by atoms with van der Waals surface area (Å²) in [5.74, 6) is 0.153. The van der Waals surface area contributed by atoms with Crippen LogP contribution < -0.4 is 0 Å². The summed E-state index contributed by atoms with van der Waals surface area (Å²) in [6, 6.07) is 6.85. The van der Waals surface area contributed by atoms with Crippen molar-refractivity contribution in [2.75, 3.05) is 0 Å². The van der Waals surface area contributed by atoms with Crippen LogP contribution in [-0.4, -0.2) is 4.92 Å². The van der Waals surface area contributed by atoms with E-state index in [0.717, 1.165) is 5.56 Å². The lowest BCUT2D eigenvalue weighted by Crippen LogP contribution is -2.01. The van der Waals surface area contributed by atoms with Crippen molar-refractivity contribution in [1.82, 2.24) is 0 Å². The van der Waals surface area contributed by atoms with Gasteiger partial charge in [0.25, 0.3) is 5.69 Å². The van der Waals surface area contributed by atoms with Crippen molar-refractivity contribution in [3.8, 4) is 12.1 Å². The minimum absolute atomic E-state index is 0.0199. The van der Waals surface area contributed by atoms with Crippen LogP contribution in [0.25, 0.3) is 0 Å². The zero-order chi connectivity index (χ0) is 13.0. The lowest BCUT2D eigenvalue weighted by Gasteiger charge is -2.08. The van der Waals surface area contributed by atoms with Crippen LogP contribution in [-0.2, 0) is 6.42 Å². The summed E-state index contributed by atoms with van der Waals surface area (Å²) in [5, 5.41) is 28.5. The molecule has 0 saturated heterocycles. The maximum Gasteiger partial charge on any atom is 0.291 e. The van der Waals surface area contributed by atoms with Crippen molar-refractivity contribution in [2.24, 2.45) is 0 Å². The van der Waals surface area contributed by atoms with E-state index in [9.17, 15) is 10.1 Å². The monoisotopic (exact) mass is 229 g/mol. The van der Waals surface area contributed by atoms with E-state index < -0.39 is 4.92 Å². The van der Waals surface area contributed by atoms with Gasteiger partial charge in [-0.2, -0.15) is 10.5 Å². The fourth-order valence-electron chi connectivity index (χ4n) is 1.57. The molecule has 17 heavy (non-hydrogen) atoms. The normalized spacial score (nSPS) is 9.71. The van der Waals surface area contributed by atoms with Crippen LogP contribution in [0.15, 0.2) is 12.1 Å². The summed E-state index contributed by atoms with van der Waals surface area (Å²) in [5.41, 5.74) is 0.905. The lowest BCUT2D eigenvalue weighted by atomic mass is 9.95. The molecule has 1 aromatic rings. The molecule has 0 aliphatic heterocycles. The van der Waals surface area contributed by atoms with Crippen LogP contribution in [0.2, 0.25) is 0 Å². The number of nitro benzene ring substituents is 1. The van der Waals surface area contributed by atoms with Crippen molar-refractivity contribution in [3.63, 3.8) is 0 Å². The van der Waals surface area contributed by atoms with E-state index in [1.165, 1.54) is 6.07 Å². The second kappa shape index (κ2) is 5.09. The highest BCUT2D eigenvalue weighted by molar-refractivity contribution is 5.57. The first-order chi connectivity index (χ1) is 8.01. The van der Waals surface area contributed by atoms with Gasteiger partial charge in [-0.25, -0.2) is 0 Å². The summed E-state index contributed by atoms with van der Waals surface area (Å²) in [4.78, 5) is 10.3. The van der Waals surface area contributed by atoms with Gasteiger partial charge in [0.05, 0.1) is 17.4 Å². The average Bonchev–Trinajstić information content (AvgIpc) is 2.27. The van der Waals surface area contributed by atoms with E-state index in [2.05, 4.69) is 0 Å². The van der Waals surface area contributed by atoms with Gasteiger partial charge in [-0.05, 0) is 23.6 Å². The zero-order valence-corrected chi connectivity index (χ0v) is 9.60. The number of hydrogen-bond donors (Lipinski definition) is 0. The highest BCUT2D eigenvalue weighted by atomic mass is 16.6. The minimum atomic E-state index is -0.602. The van der Waals surface area contributed by atoms with Crippen molar-refractivity contribution in [1.29, 1.82) is 10.5 Å². The third-order valence-electron chi connectivity index (χ3n) is 2.45. The van der Waals surface area contributed by atoms with Crippen molar-refractivity contribution in [2.45, 2.75) is 26.2 Å². The molecule has 0 radical (unpaired) electrons. The summed E-state index contributed by atoms with van der Waals surface area (Å²) in [6.45, 7) is 3.86. The molecule has 5 heteroatoms. The molecule has 0 aliphatic carbocycles. The molecule has 0 aromatic heterocycles. The third-order valence-corrected chi connectivity index (χ3v) is 2.45. The van der Waals surface area contributed by atoms with E-state index in [-0.39, 0.29) is 23.6 Å². The molecule has 0 fully saturated rings. The summed E-state index contributed by atoms with van der Waals surface area (Å²) >= 11 is 0. The second-order valence-corrected chi connectivity index (χ2v) is 3.93. The Kier molecular flexibility index (Phi) is 3.79. The van der Waals surface area contributed by atoms with Gasteiger partial charge < -0.3 is 0 Å². The molecule has 0 heterocycles. The molecule has 0 aliphatic rings. The van der Waals surface area contributed by atoms with Crippen molar-refractivity contribution in [3.05, 3.63) is 38.9 Å². The number of nitro groups is 1. The quantitative estimate of drug-likeness (QED) is 0.588. The SMILES string of the molecule is CC(C)c1cc(C#N)c([N+](=O)[O-])c(CC#N)c1. The van der Waals surface area contributed by atoms with Gasteiger partial charge >= 0.3 is 0 Å². The molecule has 0 N–H and O–H groups in total. The van der Waals surface area contributed by atoms with Crippen LogP contribution in [0.5, 0.6) is 0 Å². The van der Waals surface area contributed by atoms with E-state index in [1.54, 1.807) is 6.07 Å². The molecular formula is C12H11N3O2. The van der Waals surface area contributed by atoms with E-state index in [1.807, 2.05) is 26.0 Å². The molecule has 5 nitrogen and oxygen atoms in total. The van der Waals surface area contributed by atoms with Gasteiger partial charge in [-0.3, -0.25) is 10.1 Å². The summed E-state index contributed by atoms with van der Waals surface area (Å²) < 4.78 is 0. The van der Waals surface area contributed by atoms with Crippen LogP contribution in [0.4, 0.5) is 5.69 Å². The Labute approximate surface area is 99.1 Å². The van der Waals surface area contributed by atoms with E-state index in [0.29, 0.717) is 5.56 Å². The Morgan fingerprint density at radius 1 is 1.41 bits per heavy atom. The fourth-order valence-corrected chi connectivity index (χ4v) is 1.57. The van der Waals surface area contributed by atoms with Gasteiger partial charge in [0, 0.05) is 5.56 Å². The van der Waals surface area contributed by atoms with Crippen LogP contribution in [0, 0.1) is 32.8 Å². The molecule has 1 rings (SSSR count). The maximum atomic E-state index is 10.9. The van der Waals surface area contributed by atoms with Gasteiger partial charge in [-0.15, -0.1) is 0 Å². The highest BCUT2D eigenvalue weighted by Gasteiger charge is 2.21. The van der Waals surface area contributed by atoms with Crippen molar-refractivity contribution < 1.29 is 4.92 Å². The van der Waals surface area contributed by atoms with Gasteiger partial charge in [-0.1, -0.05) is 13.8 Å². The highest BCUT2D eigenvalue weighted by Crippen LogP contribution is 2.28. The largest absolute Gasteiger partial charge is 0.291 e. The molecule has 1 aromatic carbocycles. The second-order valence-electron chi connectivity index (χ2n) is 3.93. The Balaban J connectivity index is 3.54. The molecule has 0 amide bonds. The smallest absolute Gasteiger partial charge is 0.258 e. The number of benzene rings is 1. The average molecular weight is 229 g/mol. The Bertz CT molecular complexity index is 536. The summed E-state index contributed by atoms with van der Waals surface area (Å²) in [6.07, 6.45) is -0.0639. The third kappa shape index (κ3) is 2.59. The lowest BCUT2D eigenvalue weighted by molar-refractivity contribution is -0.385. The van der Waals surface area contributed by atoms with Crippen LogP contribution >= 0.6 is 0 Å². The topological polar surface area (TPSA) is 90.7 Å². The number of nitriles is 2. The Hall–Kier alpha value is -2.40. The number of hydrogen-bond acceptors (Lipinski definition) is 4. The molecule has 86 valence electrons. The Morgan fingerprint density at radius 2 is 2.06 bits per heavy atom. The van der Waals surface area contributed by atoms with Gasteiger partial charge in [0.1, 0.15) is 11.6 Å². The standard InChI is InChI=1S/C12H11N3O2/c1-8(2)10-5-9(3-4-13)12(15(16)17)11(6-10)7-14/h5-6,8H,3H2,1-2H3. The predicted octanol–water partition coefficient (Wildman–Crippen LogP) is 2.66. The Morgan fingerprint density at radius 3 is 2.47 bits per heavy atom. The molecule has 0 bridgehead atoms. The van der Waals surface area contributed by atoms with Gasteiger partial charge in [0.2, 0.25) is 0 Å². The maximum absolute atomic E-state index is 10.9. The molecule has 0 atom stereocenters.